The van der Waals surface area contributed by atoms with Crippen molar-refractivity contribution in [3.63, 3.8) is 0 Å². The van der Waals surface area contributed by atoms with Crippen molar-refractivity contribution in [1.82, 2.24) is 0 Å². The predicted octanol–water partition coefficient (Wildman–Crippen LogP) is 3.33. The maximum Gasteiger partial charge on any atom is 0.119 e. The Bertz CT molecular complexity index is 505. The minimum Gasteiger partial charge on any atom is -0.491 e. The Hall–Kier alpha value is -1.52. The molecule has 1 heterocycles. The summed E-state index contributed by atoms with van der Waals surface area (Å²) in [5, 5.41) is 0.850. The second-order valence-corrected chi connectivity index (χ2v) is 5.27. The van der Waals surface area contributed by atoms with Crippen LogP contribution in [-0.4, -0.2) is 20.3 Å². The van der Waals surface area contributed by atoms with Gasteiger partial charge in [-0.1, -0.05) is 12.1 Å². The molecule has 4 heteroatoms. The molecule has 1 aromatic carbocycles. The molecule has 3 nitrogen and oxygen atoms in total. The summed E-state index contributed by atoms with van der Waals surface area (Å²) in [6, 6.07) is 10.1. The average molecular weight is 263 g/mol. The lowest BCUT2D eigenvalue weighted by molar-refractivity contribution is 0.146. The lowest BCUT2D eigenvalue weighted by Gasteiger charge is -2.06. The summed E-state index contributed by atoms with van der Waals surface area (Å²) < 4.78 is 10.5. The first-order valence-corrected chi connectivity index (χ1v) is 6.60. The first kappa shape index (κ1) is 12.9. The van der Waals surface area contributed by atoms with E-state index in [0.717, 1.165) is 10.8 Å². The fourth-order valence-corrected chi connectivity index (χ4v) is 2.58. The van der Waals surface area contributed by atoms with Crippen LogP contribution < -0.4 is 10.5 Å². The third kappa shape index (κ3) is 3.03. The zero-order valence-electron chi connectivity index (χ0n) is 10.6. The number of rotatable bonds is 5. The van der Waals surface area contributed by atoms with Crippen LogP contribution in [-0.2, 0) is 4.74 Å². The van der Waals surface area contributed by atoms with Crippen LogP contribution >= 0.6 is 11.3 Å². The molecule has 0 fully saturated rings. The van der Waals surface area contributed by atoms with Crippen LogP contribution in [0, 0.1) is 6.92 Å². The van der Waals surface area contributed by atoms with E-state index >= 15 is 0 Å². The molecular weight excluding hydrogens is 246 g/mol. The van der Waals surface area contributed by atoms with E-state index in [2.05, 4.69) is 19.1 Å². The molecule has 2 rings (SSSR count). The van der Waals surface area contributed by atoms with E-state index in [-0.39, 0.29) is 0 Å². The van der Waals surface area contributed by atoms with Crippen LogP contribution in [0.5, 0.6) is 5.75 Å². The zero-order valence-corrected chi connectivity index (χ0v) is 11.4. The largest absolute Gasteiger partial charge is 0.491 e. The number of thiophene rings is 1. The van der Waals surface area contributed by atoms with Crippen molar-refractivity contribution in [3.05, 3.63) is 35.2 Å². The molecule has 0 aliphatic carbocycles. The SMILES string of the molecule is COCCOc1ccc(-c2cc(N)sc2C)cc1. The Morgan fingerprint density at radius 2 is 1.89 bits per heavy atom. The van der Waals surface area contributed by atoms with Gasteiger partial charge >= 0.3 is 0 Å². The van der Waals surface area contributed by atoms with Gasteiger partial charge in [-0.3, -0.25) is 0 Å². The Labute approximate surface area is 111 Å². The average Bonchev–Trinajstić information content (AvgIpc) is 2.70. The number of hydrogen-bond donors (Lipinski definition) is 1. The topological polar surface area (TPSA) is 44.5 Å². The molecule has 0 aliphatic rings. The summed E-state index contributed by atoms with van der Waals surface area (Å²) in [5.41, 5.74) is 8.17. The first-order valence-electron chi connectivity index (χ1n) is 5.79. The molecule has 0 spiro atoms. The van der Waals surface area contributed by atoms with E-state index in [0.29, 0.717) is 13.2 Å². The van der Waals surface area contributed by atoms with Gasteiger partial charge in [0, 0.05) is 12.0 Å². The van der Waals surface area contributed by atoms with Gasteiger partial charge in [-0.2, -0.15) is 0 Å². The van der Waals surface area contributed by atoms with Gasteiger partial charge < -0.3 is 15.2 Å². The molecule has 0 aliphatic heterocycles. The Balaban J connectivity index is 2.10. The normalized spacial score (nSPS) is 10.6. The summed E-state index contributed by atoms with van der Waals surface area (Å²) in [7, 11) is 1.66. The fraction of sp³-hybridized carbons (Fsp3) is 0.286. The quantitative estimate of drug-likeness (QED) is 0.841. The van der Waals surface area contributed by atoms with Gasteiger partial charge in [0.2, 0.25) is 0 Å². The second-order valence-electron chi connectivity index (χ2n) is 3.98. The van der Waals surface area contributed by atoms with E-state index in [4.69, 9.17) is 15.2 Å². The van der Waals surface area contributed by atoms with Gasteiger partial charge in [0.25, 0.3) is 0 Å². The van der Waals surface area contributed by atoms with E-state index < -0.39 is 0 Å². The molecule has 0 bridgehead atoms. The third-order valence-electron chi connectivity index (χ3n) is 2.66. The number of methoxy groups -OCH3 is 1. The lowest BCUT2D eigenvalue weighted by Crippen LogP contribution is -2.03. The number of hydrogen-bond acceptors (Lipinski definition) is 4. The number of nitrogen functional groups attached to an aromatic ring is 1. The van der Waals surface area contributed by atoms with E-state index in [1.165, 1.54) is 16.0 Å². The summed E-state index contributed by atoms with van der Waals surface area (Å²) in [6.07, 6.45) is 0. The minimum atomic E-state index is 0.570. The van der Waals surface area contributed by atoms with Gasteiger partial charge in [-0.25, -0.2) is 0 Å². The van der Waals surface area contributed by atoms with Crippen molar-refractivity contribution in [2.45, 2.75) is 6.92 Å². The molecule has 18 heavy (non-hydrogen) atoms. The zero-order chi connectivity index (χ0) is 13.0. The van der Waals surface area contributed by atoms with Crippen molar-refractivity contribution in [3.8, 4) is 16.9 Å². The number of ether oxygens (including phenoxy) is 2. The molecule has 0 saturated carbocycles. The van der Waals surface area contributed by atoms with Gasteiger partial charge in [0.05, 0.1) is 11.6 Å². The molecule has 1 aromatic heterocycles. The molecule has 2 aromatic rings. The third-order valence-corrected chi connectivity index (χ3v) is 3.54. The highest BCUT2D eigenvalue weighted by molar-refractivity contribution is 7.16. The summed E-state index contributed by atoms with van der Waals surface area (Å²) in [6.45, 7) is 3.25. The lowest BCUT2D eigenvalue weighted by atomic mass is 10.1. The highest BCUT2D eigenvalue weighted by Crippen LogP contribution is 2.33. The number of benzene rings is 1. The summed E-state index contributed by atoms with van der Waals surface area (Å²) in [4.78, 5) is 1.24. The van der Waals surface area contributed by atoms with E-state index in [1.54, 1.807) is 18.4 Å². The van der Waals surface area contributed by atoms with Crippen LogP contribution in [0.2, 0.25) is 0 Å². The highest BCUT2D eigenvalue weighted by Gasteiger charge is 2.06. The standard InChI is InChI=1S/C14H17NO2S/c1-10-13(9-14(15)18-10)11-3-5-12(6-4-11)17-8-7-16-2/h3-6,9H,7-8,15H2,1-2H3. The van der Waals surface area contributed by atoms with Crippen LogP contribution in [0.25, 0.3) is 11.1 Å². The molecule has 96 valence electrons. The number of anilines is 1. The van der Waals surface area contributed by atoms with Gasteiger partial charge in [-0.15, -0.1) is 11.3 Å². The molecule has 2 N–H and O–H groups in total. The Morgan fingerprint density at radius 1 is 1.17 bits per heavy atom. The van der Waals surface area contributed by atoms with Crippen LogP contribution in [0.15, 0.2) is 30.3 Å². The molecule has 0 radical (unpaired) electrons. The van der Waals surface area contributed by atoms with E-state index in [1.807, 2.05) is 18.2 Å². The van der Waals surface area contributed by atoms with Crippen molar-refractivity contribution in [2.24, 2.45) is 0 Å². The predicted molar refractivity (Wildman–Crippen MR) is 76.3 cm³/mol. The highest BCUT2D eigenvalue weighted by atomic mass is 32.1. The van der Waals surface area contributed by atoms with Crippen molar-refractivity contribution >= 4 is 16.3 Å². The summed E-state index contributed by atoms with van der Waals surface area (Å²) in [5.74, 6) is 0.858. The molecule has 0 amide bonds. The van der Waals surface area contributed by atoms with Gasteiger partial charge in [0.15, 0.2) is 0 Å². The minimum absolute atomic E-state index is 0.570. The molecule has 0 atom stereocenters. The van der Waals surface area contributed by atoms with Crippen molar-refractivity contribution < 1.29 is 9.47 Å². The smallest absolute Gasteiger partial charge is 0.119 e. The number of nitrogens with two attached hydrogens (primary N) is 1. The molecule has 0 saturated heterocycles. The second kappa shape index (κ2) is 5.89. The molecule has 0 unspecified atom stereocenters. The first-order chi connectivity index (χ1) is 8.70. The van der Waals surface area contributed by atoms with Crippen LogP contribution in [0.4, 0.5) is 5.00 Å². The maximum absolute atomic E-state index is 5.81. The van der Waals surface area contributed by atoms with Crippen LogP contribution in [0.3, 0.4) is 0 Å². The molecular formula is C14H17NO2S. The van der Waals surface area contributed by atoms with Crippen molar-refractivity contribution in [1.29, 1.82) is 0 Å². The van der Waals surface area contributed by atoms with Crippen LogP contribution in [0.1, 0.15) is 4.88 Å². The van der Waals surface area contributed by atoms with Gasteiger partial charge in [0.1, 0.15) is 12.4 Å². The number of aryl methyl sites for hydroxylation is 1. The Morgan fingerprint density at radius 3 is 2.44 bits per heavy atom. The summed E-state index contributed by atoms with van der Waals surface area (Å²) >= 11 is 1.62. The van der Waals surface area contributed by atoms with Gasteiger partial charge in [-0.05, 0) is 36.2 Å². The van der Waals surface area contributed by atoms with Crippen molar-refractivity contribution in [2.75, 3.05) is 26.1 Å². The van der Waals surface area contributed by atoms with E-state index in [9.17, 15) is 0 Å². The monoisotopic (exact) mass is 263 g/mol. The fourth-order valence-electron chi connectivity index (χ4n) is 1.77. The Kier molecular flexibility index (Phi) is 4.23. The maximum atomic E-state index is 5.81.